The maximum absolute atomic E-state index is 13.8. The second-order valence-electron chi connectivity index (χ2n) is 11.4. The third-order valence-electron chi connectivity index (χ3n) is 8.31. The first-order valence-electron chi connectivity index (χ1n) is 14.4. The molecule has 2 aliphatic heterocycles. The molecule has 2 aliphatic carbocycles. The molecule has 1 saturated heterocycles. The van der Waals surface area contributed by atoms with Gasteiger partial charge in [-0.2, -0.15) is 0 Å². The average molecular weight is 607 g/mol. The van der Waals surface area contributed by atoms with E-state index in [-0.39, 0.29) is 17.7 Å². The largest absolute Gasteiger partial charge is 0.379 e. The lowest BCUT2D eigenvalue weighted by atomic mass is 10.0. The number of nitrogens with zero attached hydrogens (tertiary/aromatic N) is 1. The number of methoxy groups -OCH3 is 1. The van der Waals surface area contributed by atoms with E-state index in [0.717, 1.165) is 30.6 Å². The summed E-state index contributed by atoms with van der Waals surface area (Å²) >= 11 is 1.31. The van der Waals surface area contributed by atoms with Crippen LogP contribution in [0.3, 0.4) is 0 Å². The van der Waals surface area contributed by atoms with E-state index in [0.29, 0.717) is 56.6 Å². The molecular weight excluding hydrogens is 568 g/mol. The molecule has 224 valence electrons. The van der Waals surface area contributed by atoms with Gasteiger partial charge in [0.1, 0.15) is 17.6 Å². The molecule has 0 bridgehead atoms. The molecule has 41 heavy (non-hydrogen) atoms. The molecule has 0 radical (unpaired) electrons. The Morgan fingerprint density at radius 2 is 1.93 bits per heavy atom. The predicted molar refractivity (Wildman–Crippen MR) is 152 cm³/mol. The molecule has 3 N–H and O–H groups in total. The van der Waals surface area contributed by atoms with E-state index in [4.69, 9.17) is 4.74 Å². The number of nitrogens with one attached hydrogen (secondary N) is 3. The fraction of sp³-hybridized carbons (Fsp3) is 0.643. The zero-order chi connectivity index (χ0) is 29.2. The first kappa shape index (κ1) is 29.7. The number of carbonyl (C=O) groups excluding carboxylic acids is 4. The van der Waals surface area contributed by atoms with Crippen LogP contribution in [-0.2, 0) is 35.8 Å². The SMILES string of the molecule is COCc1ccc(C(=O)N[C@H]2CCCCC/C=C\[C@@H]3C[C@@]3(C(=O)NS(=O)(=O)C3CC3)NC(=O)[C@@H]3CCCN3C2=O)s1. The van der Waals surface area contributed by atoms with E-state index < -0.39 is 44.7 Å². The zero-order valence-corrected chi connectivity index (χ0v) is 24.9. The summed E-state index contributed by atoms with van der Waals surface area (Å²) in [6, 6.07) is 1.93. The van der Waals surface area contributed by atoms with Crippen molar-refractivity contribution >= 4 is 45.0 Å². The molecule has 3 heterocycles. The Bertz CT molecular complexity index is 1320. The van der Waals surface area contributed by atoms with Crippen molar-refractivity contribution in [2.75, 3.05) is 13.7 Å². The Balaban J connectivity index is 1.34. The monoisotopic (exact) mass is 606 g/mol. The highest BCUT2D eigenvalue weighted by Crippen LogP contribution is 2.46. The summed E-state index contributed by atoms with van der Waals surface area (Å²) in [5, 5.41) is 5.19. The molecule has 2 saturated carbocycles. The minimum atomic E-state index is -3.79. The number of fused-ring (bicyclic) bond motifs is 2. The molecule has 1 aromatic heterocycles. The van der Waals surface area contributed by atoms with Gasteiger partial charge in [0.15, 0.2) is 0 Å². The summed E-state index contributed by atoms with van der Waals surface area (Å²) in [6.45, 7) is 0.755. The number of amides is 4. The van der Waals surface area contributed by atoms with Crippen molar-refractivity contribution < 1.29 is 32.3 Å². The van der Waals surface area contributed by atoms with Gasteiger partial charge in [-0.1, -0.05) is 25.0 Å². The molecule has 5 rings (SSSR count). The molecular formula is C28H38N4O7S2. The number of sulfonamides is 1. The normalized spacial score (nSPS) is 29.8. The molecule has 4 atom stereocenters. The number of rotatable bonds is 7. The topological polar surface area (TPSA) is 151 Å². The van der Waals surface area contributed by atoms with Crippen molar-refractivity contribution in [2.24, 2.45) is 5.92 Å². The lowest BCUT2D eigenvalue weighted by Gasteiger charge is -2.30. The number of allylic oxidation sites excluding steroid dienone is 1. The van der Waals surface area contributed by atoms with Crippen molar-refractivity contribution in [2.45, 2.75) is 93.7 Å². The highest BCUT2D eigenvalue weighted by Gasteiger charge is 2.61. The molecule has 0 unspecified atom stereocenters. The average Bonchev–Trinajstić information content (AvgIpc) is 3.79. The molecule has 1 aromatic rings. The summed E-state index contributed by atoms with van der Waals surface area (Å²) in [4.78, 5) is 56.7. The smallest absolute Gasteiger partial charge is 0.262 e. The first-order chi connectivity index (χ1) is 19.6. The van der Waals surface area contributed by atoms with Crippen LogP contribution in [0.4, 0.5) is 0 Å². The Morgan fingerprint density at radius 1 is 1.12 bits per heavy atom. The number of carbonyl (C=O) groups is 4. The van der Waals surface area contributed by atoms with Gasteiger partial charge in [-0.15, -0.1) is 11.3 Å². The van der Waals surface area contributed by atoms with E-state index in [1.807, 2.05) is 18.2 Å². The standard InChI is InChI=1S/C28H38N4O7S2/c1-39-17-19-11-14-23(40-19)25(34)29-21-9-6-4-2-3-5-8-18-16-28(18,27(36)31-41(37,38)20-12-13-20)30-24(33)22-10-7-15-32(22)26(21)35/h5,8,11,14,18,20-22H,2-4,6-7,9-10,12-13,15-17H2,1H3,(H,29,34)(H,30,33)(H,31,36)/b8-5-/t18-,21+,22+,28-/m1/s1. The van der Waals surface area contributed by atoms with Crippen LogP contribution in [0.2, 0.25) is 0 Å². The van der Waals surface area contributed by atoms with Crippen LogP contribution >= 0.6 is 11.3 Å². The number of hydrogen-bond acceptors (Lipinski definition) is 8. The number of ether oxygens (including phenoxy) is 1. The highest BCUT2D eigenvalue weighted by atomic mass is 32.2. The van der Waals surface area contributed by atoms with Crippen molar-refractivity contribution in [3.05, 3.63) is 34.0 Å². The number of hydrogen-bond donors (Lipinski definition) is 3. The molecule has 0 spiro atoms. The van der Waals surface area contributed by atoms with Crippen molar-refractivity contribution in [1.29, 1.82) is 0 Å². The van der Waals surface area contributed by atoms with E-state index in [9.17, 15) is 27.6 Å². The predicted octanol–water partition coefficient (Wildman–Crippen LogP) is 1.99. The first-order valence-corrected chi connectivity index (χ1v) is 16.7. The minimum absolute atomic E-state index is 0.298. The lowest BCUT2D eigenvalue weighted by molar-refractivity contribution is -0.141. The lowest BCUT2D eigenvalue weighted by Crippen LogP contribution is -2.58. The van der Waals surface area contributed by atoms with Gasteiger partial charge in [0, 0.05) is 24.4 Å². The van der Waals surface area contributed by atoms with Gasteiger partial charge < -0.3 is 20.3 Å². The van der Waals surface area contributed by atoms with Crippen molar-refractivity contribution in [3.8, 4) is 0 Å². The van der Waals surface area contributed by atoms with Gasteiger partial charge >= 0.3 is 0 Å². The van der Waals surface area contributed by atoms with Crippen LogP contribution in [0, 0.1) is 5.92 Å². The maximum atomic E-state index is 13.8. The van der Waals surface area contributed by atoms with Gasteiger partial charge in [-0.05, 0) is 63.5 Å². The molecule has 4 aliphatic rings. The van der Waals surface area contributed by atoms with Crippen LogP contribution in [-0.4, -0.2) is 73.5 Å². The Morgan fingerprint density at radius 3 is 2.68 bits per heavy atom. The Labute approximate surface area is 244 Å². The van der Waals surface area contributed by atoms with Crippen molar-refractivity contribution in [1.82, 2.24) is 20.3 Å². The van der Waals surface area contributed by atoms with E-state index in [1.165, 1.54) is 16.2 Å². The Kier molecular flexibility index (Phi) is 8.86. The van der Waals surface area contributed by atoms with E-state index in [2.05, 4.69) is 15.4 Å². The van der Waals surface area contributed by atoms with E-state index in [1.54, 1.807) is 13.2 Å². The number of thiophene rings is 1. The van der Waals surface area contributed by atoms with Gasteiger partial charge in [0.25, 0.3) is 11.8 Å². The summed E-state index contributed by atoms with van der Waals surface area (Å²) in [6.07, 6.45) is 9.85. The van der Waals surface area contributed by atoms with E-state index >= 15 is 0 Å². The summed E-state index contributed by atoms with van der Waals surface area (Å²) in [5.74, 6) is -2.18. The summed E-state index contributed by atoms with van der Waals surface area (Å²) < 4.78 is 32.4. The second-order valence-corrected chi connectivity index (χ2v) is 14.6. The van der Waals surface area contributed by atoms with Crippen molar-refractivity contribution in [3.63, 3.8) is 0 Å². The fourth-order valence-electron chi connectivity index (χ4n) is 5.72. The molecule has 13 heteroatoms. The maximum Gasteiger partial charge on any atom is 0.262 e. The molecule has 4 amide bonds. The molecule has 3 fully saturated rings. The van der Waals surface area contributed by atoms with Crippen LogP contribution in [0.1, 0.15) is 78.8 Å². The fourth-order valence-corrected chi connectivity index (χ4v) is 7.97. The second kappa shape index (κ2) is 12.2. The van der Waals surface area contributed by atoms with Crippen LogP contribution < -0.4 is 15.4 Å². The highest BCUT2D eigenvalue weighted by molar-refractivity contribution is 7.91. The third-order valence-corrected chi connectivity index (χ3v) is 11.2. The van der Waals surface area contributed by atoms with Gasteiger partial charge in [-0.3, -0.25) is 23.9 Å². The van der Waals surface area contributed by atoms with Crippen LogP contribution in [0.25, 0.3) is 0 Å². The third kappa shape index (κ3) is 6.67. The van der Waals surface area contributed by atoms with Crippen LogP contribution in [0.5, 0.6) is 0 Å². The van der Waals surface area contributed by atoms with Gasteiger partial charge in [-0.25, -0.2) is 8.42 Å². The Hall–Kier alpha value is -2.77. The quantitative estimate of drug-likeness (QED) is 0.402. The van der Waals surface area contributed by atoms with Gasteiger partial charge in [0.2, 0.25) is 21.8 Å². The summed E-state index contributed by atoms with van der Waals surface area (Å²) in [7, 11) is -2.20. The van der Waals surface area contributed by atoms with Crippen LogP contribution in [0.15, 0.2) is 24.3 Å². The zero-order valence-electron chi connectivity index (χ0n) is 23.2. The molecule has 0 aromatic carbocycles. The van der Waals surface area contributed by atoms with Gasteiger partial charge in [0.05, 0.1) is 16.7 Å². The minimum Gasteiger partial charge on any atom is -0.379 e. The molecule has 11 nitrogen and oxygen atoms in total. The summed E-state index contributed by atoms with van der Waals surface area (Å²) in [5.41, 5.74) is -1.36.